The number of amides is 1. The van der Waals surface area contributed by atoms with Gasteiger partial charge in [-0.15, -0.1) is 11.8 Å². The third kappa shape index (κ3) is 3.22. The normalized spacial score (nSPS) is 10.9. The molecule has 1 aromatic carbocycles. The van der Waals surface area contributed by atoms with Crippen LogP contribution in [0.1, 0.15) is 15.9 Å². The number of hydrogen-bond acceptors (Lipinski definition) is 4. The van der Waals surface area contributed by atoms with Gasteiger partial charge in [-0.05, 0) is 30.0 Å². The summed E-state index contributed by atoms with van der Waals surface area (Å²) >= 11 is 1.69. The molecule has 0 fully saturated rings. The third-order valence-corrected chi connectivity index (χ3v) is 4.42. The van der Waals surface area contributed by atoms with Crippen molar-refractivity contribution < 1.29 is 4.79 Å². The smallest absolute Gasteiger partial charge is 0.255 e. The number of carbonyl (C=O) groups is 1. The Balaban J connectivity index is 1.80. The van der Waals surface area contributed by atoms with Crippen LogP contribution in [0.4, 0.5) is 0 Å². The van der Waals surface area contributed by atoms with E-state index in [-0.39, 0.29) is 5.91 Å². The van der Waals surface area contributed by atoms with Crippen LogP contribution in [0.2, 0.25) is 0 Å². The molecule has 3 aromatic rings. The first-order chi connectivity index (χ1) is 11.1. The van der Waals surface area contributed by atoms with Gasteiger partial charge in [0.1, 0.15) is 5.52 Å². The van der Waals surface area contributed by atoms with Gasteiger partial charge in [0, 0.05) is 31.7 Å². The highest BCUT2D eigenvalue weighted by Gasteiger charge is 2.14. The van der Waals surface area contributed by atoms with Gasteiger partial charge in [0.25, 0.3) is 5.91 Å². The first kappa shape index (κ1) is 15.6. The lowest BCUT2D eigenvalue weighted by Crippen LogP contribution is -2.26. The molecule has 118 valence electrons. The first-order valence-electron chi connectivity index (χ1n) is 7.24. The predicted octanol–water partition coefficient (Wildman–Crippen LogP) is 2.96. The molecule has 0 aliphatic heterocycles. The van der Waals surface area contributed by atoms with Gasteiger partial charge in [-0.1, -0.05) is 12.1 Å². The van der Waals surface area contributed by atoms with Crippen LogP contribution in [-0.4, -0.2) is 38.6 Å². The lowest BCUT2D eigenvalue weighted by atomic mass is 10.2. The highest BCUT2D eigenvalue weighted by Crippen LogP contribution is 2.18. The Labute approximate surface area is 139 Å². The molecular weight excluding hydrogens is 308 g/mol. The van der Waals surface area contributed by atoms with E-state index in [4.69, 9.17) is 0 Å². The molecule has 2 heterocycles. The van der Waals surface area contributed by atoms with Crippen molar-refractivity contribution in [2.45, 2.75) is 11.4 Å². The number of thioether (sulfide) groups is 1. The second-order valence-corrected chi connectivity index (χ2v) is 6.31. The van der Waals surface area contributed by atoms with Crippen LogP contribution in [0.15, 0.2) is 47.8 Å². The Bertz CT molecular complexity index is 859. The molecule has 0 saturated carbocycles. The van der Waals surface area contributed by atoms with Crippen LogP contribution in [0.25, 0.3) is 11.2 Å². The number of fused-ring (bicyclic) bond motifs is 1. The van der Waals surface area contributed by atoms with E-state index < -0.39 is 0 Å². The monoisotopic (exact) mass is 326 g/mol. The van der Waals surface area contributed by atoms with Crippen LogP contribution in [0, 0.1) is 0 Å². The molecule has 3 rings (SSSR count). The Hall–Kier alpha value is -2.34. The van der Waals surface area contributed by atoms with Gasteiger partial charge in [-0.2, -0.15) is 0 Å². The number of aryl methyl sites for hydroxylation is 1. The summed E-state index contributed by atoms with van der Waals surface area (Å²) in [6, 6.07) is 10.0. The van der Waals surface area contributed by atoms with E-state index in [2.05, 4.69) is 22.1 Å². The fourth-order valence-corrected chi connectivity index (χ4v) is 2.95. The topological polar surface area (TPSA) is 51.0 Å². The van der Waals surface area contributed by atoms with E-state index in [1.165, 1.54) is 4.90 Å². The largest absolute Gasteiger partial charge is 0.337 e. The van der Waals surface area contributed by atoms with Crippen LogP contribution < -0.4 is 0 Å². The highest BCUT2D eigenvalue weighted by molar-refractivity contribution is 7.98. The minimum absolute atomic E-state index is 0.0559. The maximum atomic E-state index is 12.6. The lowest BCUT2D eigenvalue weighted by molar-refractivity contribution is 0.0785. The molecule has 0 aliphatic carbocycles. The van der Waals surface area contributed by atoms with Crippen molar-refractivity contribution in [1.82, 2.24) is 19.4 Å². The quantitative estimate of drug-likeness (QED) is 0.692. The average Bonchev–Trinajstić information content (AvgIpc) is 2.95. The number of benzene rings is 1. The van der Waals surface area contributed by atoms with Gasteiger partial charge in [0.05, 0.1) is 11.9 Å². The van der Waals surface area contributed by atoms with E-state index in [0.29, 0.717) is 12.1 Å². The minimum Gasteiger partial charge on any atom is -0.337 e. The summed E-state index contributed by atoms with van der Waals surface area (Å²) in [4.78, 5) is 24.1. The minimum atomic E-state index is -0.0559. The molecular formula is C17H18N4OS. The number of rotatable bonds is 4. The number of nitrogens with zero attached hydrogens (tertiary/aromatic N) is 4. The summed E-state index contributed by atoms with van der Waals surface area (Å²) in [5, 5.41) is 0. The average molecular weight is 326 g/mol. The van der Waals surface area contributed by atoms with Crippen molar-refractivity contribution in [2.75, 3.05) is 13.3 Å². The van der Waals surface area contributed by atoms with E-state index in [1.54, 1.807) is 42.3 Å². The Morgan fingerprint density at radius 2 is 2.13 bits per heavy atom. The molecule has 0 unspecified atom stereocenters. The van der Waals surface area contributed by atoms with Crippen molar-refractivity contribution in [3.63, 3.8) is 0 Å². The van der Waals surface area contributed by atoms with Crippen molar-refractivity contribution in [3.05, 3.63) is 54.0 Å². The number of pyridine rings is 1. The molecule has 2 aromatic heterocycles. The van der Waals surface area contributed by atoms with Crippen molar-refractivity contribution in [1.29, 1.82) is 0 Å². The third-order valence-electron chi connectivity index (χ3n) is 3.70. The van der Waals surface area contributed by atoms with Crippen LogP contribution >= 0.6 is 11.8 Å². The molecule has 0 saturated heterocycles. The van der Waals surface area contributed by atoms with E-state index in [9.17, 15) is 4.79 Å². The maximum Gasteiger partial charge on any atom is 0.255 e. The molecule has 0 N–H and O–H groups in total. The zero-order chi connectivity index (χ0) is 16.4. The molecule has 0 atom stereocenters. The summed E-state index contributed by atoms with van der Waals surface area (Å²) in [5.74, 6) is -0.0559. The van der Waals surface area contributed by atoms with Crippen molar-refractivity contribution in [2.24, 2.45) is 7.05 Å². The zero-order valence-corrected chi connectivity index (χ0v) is 14.2. The molecule has 23 heavy (non-hydrogen) atoms. The highest BCUT2D eigenvalue weighted by atomic mass is 32.2. The molecule has 0 radical (unpaired) electrons. The van der Waals surface area contributed by atoms with Gasteiger partial charge in [-0.25, -0.2) is 9.97 Å². The summed E-state index contributed by atoms with van der Waals surface area (Å²) in [6.07, 6.45) is 5.35. The second-order valence-electron chi connectivity index (χ2n) is 5.43. The summed E-state index contributed by atoms with van der Waals surface area (Å²) in [7, 11) is 3.69. The number of carbonyl (C=O) groups excluding carboxylic acids is 1. The van der Waals surface area contributed by atoms with Crippen LogP contribution in [-0.2, 0) is 13.6 Å². The standard InChI is InChI=1S/C17H18N4OS/c1-20(10-12-5-4-6-14(7-12)23-3)17(22)13-8-15-16(18-9-13)21(2)11-19-15/h4-9,11H,10H2,1-3H3. The summed E-state index contributed by atoms with van der Waals surface area (Å²) in [6.45, 7) is 0.563. The lowest BCUT2D eigenvalue weighted by Gasteiger charge is -2.17. The van der Waals surface area contributed by atoms with Crippen molar-refractivity contribution in [3.8, 4) is 0 Å². The molecule has 0 spiro atoms. The van der Waals surface area contributed by atoms with Gasteiger partial charge < -0.3 is 9.47 Å². The second kappa shape index (κ2) is 6.42. The number of imidazole rings is 1. The van der Waals surface area contributed by atoms with Gasteiger partial charge >= 0.3 is 0 Å². The maximum absolute atomic E-state index is 12.6. The van der Waals surface area contributed by atoms with E-state index in [1.807, 2.05) is 30.0 Å². The number of hydrogen-bond donors (Lipinski definition) is 0. The molecule has 0 bridgehead atoms. The van der Waals surface area contributed by atoms with Gasteiger partial charge in [0.2, 0.25) is 0 Å². The summed E-state index contributed by atoms with van der Waals surface area (Å²) < 4.78 is 1.83. The van der Waals surface area contributed by atoms with Gasteiger partial charge in [-0.3, -0.25) is 4.79 Å². The van der Waals surface area contributed by atoms with E-state index >= 15 is 0 Å². The predicted molar refractivity (Wildman–Crippen MR) is 92.5 cm³/mol. The molecule has 0 aliphatic rings. The van der Waals surface area contributed by atoms with E-state index in [0.717, 1.165) is 16.7 Å². The summed E-state index contributed by atoms with van der Waals surface area (Å²) in [5.41, 5.74) is 3.17. The Kier molecular flexibility index (Phi) is 4.34. The fourth-order valence-electron chi connectivity index (χ4n) is 2.47. The molecule has 6 heteroatoms. The fraction of sp³-hybridized carbons (Fsp3) is 0.235. The number of aromatic nitrogens is 3. The van der Waals surface area contributed by atoms with Crippen LogP contribution in [0.3, 0.4) is 0 Å². The Morgan fingerprint density at radius 3 is 2.91 bits per heavy atom. The first-order valence-corrected chi connectivity index (χ1v) is 8.46. The zero-order valence-electron chi connectivity index (χ0n) is 13.4. The molecule has 5 nitrogen and oxygen atoms in total. The van der Waals surface area contributed by atoms with Gasteiger partial charge in [0.15, 0.2) is 5.65 Å². The van der Waals surface area contributed by atoms with Crippen molar-refractivity contribution >= 4 is 28.8 Å². The Morgan fingerprint density at radius 1 is 1.30 bits per heavy atom. The molecule has 1 amide bonds. The SMILES string of the molecule is CSc1cccc(CN(C)C(=O)c2cnc3c(c2)ncn3C)c1. The van der Waals surface area contributed by atoms with Crippen LogP contribution in [0.5, 0.6) is 0 Å².